The van der Waals surface area contributed by atoms with E-state index in [0.29, 0.717) is 12.5 Å². The third kappa shape index (κ3) is 4.20. The van der Waals surface area contributed by atoms with Crippen LogP contribution in [-0.2, 0) is 16.6 Å². The highest BCUT2D eigenvalue weighted by Gasteiger charge is 2.20. The smallest absolute Gasteiger partial charge is 0.317 e. The van der Waals surface area contributed by atoms with Crippen molar-refractivity contribution in [2.75, 3.05) is 20.1 Å². The van der Waals surface area contributed by atoms with Crippen molar-refractivity contribution >= 4 is 16.1 Å². The van der Waals surface area contributed by atoms with E-state index in [1.54, 1.807) is 12.1 Å². The molecule has 2 rings (SSSR count). The highest BCUT2D eigenvalue weighted by atomic mass is 32.2. The van der Waals surface area contributed by atoms with Crippen LogP contribution in [0.2, 0.25) is 0 Å². The molecule has 1 heterocycles. The van der Waals surface area contributed by atoms with Gasteiger partial charge in [0.25, 0.3) is 0 Å². The van der Waals surface area contributed by atoms with Crippen molar-refractivity contribution in [2.24, 2.45) is 5.92 Å². The van der Waals surface area contributed by atoms with Crippen LogP contribution >= 0.6 is 0 Å². The molecule has 1 aromatic rings. The van der Waals surface area contributed by atoms with E-state index in [-0.39, 0.29) is 10.9 Å². The number of likely N-dealkylation sites (tertiary alicyclic amines) is 1. The number of urea groups is 1. The molecule has 0 unspecified atom stereocenters. The molecule has 6 nitrogen and oxygen atoms in total. The Morgan fingerprint density at radius 3 is 2.59 bits per heavy atom. The molecule has 0 aliphatic carbocycles. The van der Waals surface area contributed by atoms with Crippen LogP contribution in [0.1, 0.15) is 25.3 Å². The van der Waals surface area contributed by atoms with E-state index in [4.69, 9.17) is 0 Å². The lowest BCUT2D eigenvalue weighted by Gasteiger charge is -2.30. The second-order valence-corrected chi connectivity index (χ2v) is 7.59. The minimum absolute atomic E-state index is 0.0570. The zero-order valence-corrected chi connectivity index (χ0v) is 13.8. The van der Waals surface area contributed by atoms with Crippen LogP contribution in [0.3, 0.4) is 0 Å². The monoisotopic (exact) mass is 325 g/mol. The summed E-state index contributed by atoms with van der Waals surface area (Å²) >= 11 is 0. The van der Waals surface area contributed by atoms with Crippen molar-refractivity contribution in [1.82, 2.24) is 14.9 Å². The van der Waals surface area contributed by atoms with E-state index in [0.717, 1.165) is 25.1 Å². The molecular weight excluding hydrogens is 302 g/mol. The number of piperidine rings is 1. The summed E-state index contributed by atoms with van der Waals surface area (Å²) < 4.78 is 25.5. The SMILES string of the molecule is CNS(=O)(=O)c1ccc(CNC(=O)N2CCC[C@@H](C)C2)cc1. The highest BCUT2D eigenvalue weighted by Crippen LogP contribution is 2.15. The topological polar surface area (TPSA) is 78.5 Å². The summed E-state index contributed by atoms with van der Waals surface area (Å²) in [4.78, 5) is 14.2. The Balaban J connectivity index is 1.90. The molecule has 1 atom stereocenters. The van der Waals surface area contributed by atoms with Crippen LogP contribution < -0.4 is 10.0 Å². The van der Waals surface area contributed by atoms with Crippen molar-refractivity contribution in [3.8, 4) is 0 Å². The molecule has 1 aliphatic heterocycles. The van der Waals surface area contributed by atoms with Crippen molar-refractivity contribution in [3.63, 3.8) is 0 Å². The van der Waals surface area contributed by atoms with Crippen LogP contribution in [-0.4, -0.2) is 39.5 Å². The molecule has 0 bridgehead atoms. The second kappa shape index (κ2) is 7.11. The van der Waals surface area contributed by atoms with Crippen molar-refractivity contribution in [2.45, 2.75) is 31.2 Å². The molecule has 2 amide bonds. The Morgan fingerprint density at radius 2 is 2.00 bits per heavy atom. The lowest BCUT2D eigenvalue weighted by Crippen LogP contribution is -2.44. The predicted molar refractivity (Wildman–Crippen MR) is 84.9 cm³/mol. The van der Waals surface area contributed by atoms with E-state index in [1.807, 2.05) is 4.90 Å². The maximum Gasteiger partial charge on any atom is 0.317 e. The van der Waals surface area contributed by atoms with E-state index in [2.05, 4.69) is 17.0 Å². The quantitative estimate of drug-likeness (QED) is 0.881. The van der Waals surface area contributed by atoms with Gasteiger partial charge in [0.2, 0.25) is 10.0 Å². The van der Waals surface area contributed by atoms with Crippen LogP contribution in [0.25, 0.3) is 0 Å². The van der Waals surface area contributed by atoms with Gasteiger partial charge in [-0.05, 0) is 43.5 Å². The summed E-state index contributed by atoms with van der Waals surface area (Å²) in [6.45, 7) is 4.14. The summed E-state index contributed by atoms with van der Waals surface area (Å²) in [6, 6.07) is 6.44. The van der Waals surface area contributed by atoms with Gasteiger partial charge in [0.1, 0.15) is 0 Å². The molecule has 1 fully saturated rings. The number of hydrogen-bond donors (Lipinski definition) is 2. The number of rotatable bonds is 4. The van der Waals surface area contributed by atoms with Gasteiger partial charge in [0, 0.05) is 19.6 Å². The van der Waals surface area contributed by atoms with Gasteiger partial charge >= 0.3 is 6.03 Å². The molecule has 2 N–H and O–H groups in total. The molecule has 0 radical (unpaired) electrons. The highest BCUT2D eigenvalue weighted by molar-refractivity contribution is 7.89. The molecule has 0 spiro atoms. The number of benzene rings is 1. The molecule has 22 heavy (non-hydrogen) atoms. The Kier molecular flexibility index (Phi) is 5.42. The van der Waals surface area contributed by atoms with Crippen molar-refractivity contribution in [1.29, 1.82) is 0 Å². The molecular formula is C15H23N3O3S. The largest absolute Gasteiger partial charge is 0.334 e. The summed E-state index contributed by atoms with van der Waals surface area (Å²) in [5.74, 6) is 0.547. The van der Waals surface area contributed by atoms with Crippen LogP contribution in [0.5, 0.6) is 0 Å². The average Bonchev–Trinajstić information content (AvgIpc) is 2.53. The Hall–Kier alpha value is -1.60. The third-order valence-electron chi connectivity index (χ3n) is 3.89. The normalized spacial score (nSPS) is 19.0. The van der Waals surface area contributed by atoms with Gasteiger partial charge in [0.05, 0.1) is 4.90 Å². The number of carbonyl (C=O) groups is 1. The second-order valence-electron chi connectivity index (χ2n) is 5.70. The van der Waals surface area contributed by atoms with Gasteiger partial charge in [-0.1, -0.05) is 19.1 Å². The fourth-order valence-electron chi connectivity index (χ4n) is 2.57. The summed E-state index contributed by atoms with van der Waals surface area (Å²) in [6.07, 6.45) is 2.22. The number of hydrogen-bond acceptors (Lipinski definition) is 3. The lowest BCUT2D eigenvalue weighted by molar-refractivity contribution is 0.169. The van der Waals surface area contributed by atoms with E-state index >= 15 is 0 Å². The van der Waals surface area contributed by atoms with Gasteiger partial charge in [-0.3, -0.25) is 0 Å². The number of nitrogens with zero attached hydrogens (tertiary/aromatic N) is 1. The standard InChI is InChI=1S/C15H23N3O3S/c1-12-4-3-9-18(11-12)15(19)17-10-13-5-7-14(8-6-13)22(20,21)16-2/h5-8,12,16H,3-4,9-11H2,1-2H3,(H,17,19)/t12-/m1/s1. The first-order valence-electron chi connectivity index (χ1n) is 7.47. The predicted octanol–water partition coefficient (Wildman–Crippen LogP) is 1.54. The third-order valence-corrected chi connectivity index (χ3v) is 5.32. The van der Waals surface area contributed by atoms with Crippen molar-refractivity contribution in [3.05, 3.63) is 29.8 Å². The molecule has 1 saturated heterocycles. The molecule has 1 aromatic carbocycles. The summed E-state index contributed by atoms with van der Waals surface area (Å²) in [5, 5.41) is 2.88. The summed E-state index contributed by atoms with van der Waals surface area (Å²) in [5.41, 5.74) is 0.869. The van der Waals surface area contributed by atoms with Gasteiger partial charge in [-0.15, -0.1) is 0 Å². The minimum atomic E-state index is -3.42. The van der Waals surface area contributed by atoms with Crippen molar-refractivity contribution < 1.29 is 13.2 Å². The molecule has 0 saturated carbocycles. The molecule has 7 heteroatoms. The Labute approximate surface area is 131 Å². The van der Waals surface area contributed by atoms with Gasteiger partial charge in [-0.25, -0.2) is 17.9 Å². The molecule has 122 valence electrons. The molecule has 1 aliphatic rings. The maximum absolute atomic E-state index is 12.1. The first-order valence-corrected chi connectivity index (χ1v) is 8.96. The number of sulfonamides is 1. The zero-order valence-electron chi connectivity index (χ0n) is 13.0. The minimum Gasteiger partial charge on any atom is -0.334 e. The Bertz CT molecular complexity index is 613. The maximum atomic E-state index is 12.1. The number of nitrogens with one attached hydrogen (secondary N) is 2. The van der Waals surface area contributed by atoms with E-state index in [9.17, 15) is 13.2 Å². The fourth-order valence-corrected chi connectivity index (χ4v) is 3.30. The van der Waals surface area contributed by atoms with E-state index in [1.165, 1.54) is 25.6 Å². The van der Waals surface area contributed by atoms with E-state index < -0.39 is 10.0 Å². The number of amides is 2. The Morgan fingerprint density at radius 1 is 1.32 bits per heavy atom. The molecule has 0 aromatic heterocycles. The van der Waals surface area contributed by atoms with Gasteiger partial charge < -0.3 is 10.2 Å². The fraction of sp³-hybridized carbons (Fsp3) is 0.533. The summed E-state index contributed by atoms with van der Waals surface area (Å²) in [7, 11) is -2.04. The zero-order chi connectivity index (χ0) is 16.2. The van der Waals surface area contributed by atoms with Gasteiger partial charge in [0.15, 0.2) is 0 Å². The lowest BCUT2D eigenvalue weighted by atomic mass is 10.0. The van der Waals surface area contributed by atoms with Gasteiger partial charge in [-0.2, -0.15) is 0 Å². The first-order chi connectivity index (χ1) is 10.4. The van der Waals surface area contributed by atoms with Crippen LogP contribution in [0.4, 0.5) is 4.79 Å². The number of carbonyl (C=O) groups excluding carboxylic acids is 1. The van der Waals surface area contributed by atoms with Crippen LogP contribution in [0, 0.1) is 5.92 Å². The van der Waals surface area contributed by atoms with Crippen LogP contribution in [0.15, 0.2) is 29.2 Å². The first kappa shape index (κ1) is 16.8. The average molecular weight is 325 g/mol.